The zero-order valence-electron chi connectivity index (χ0n) is 15.2. The van der Waals surface area contributed by atoms with Gasteiger partial charge in [-0.1, -0.05) is 11.6 Å². The maximum atomic E-state index is 12.8. The fourth-order valence-electron chi connectivity index (χ4n) is 3.30. The molecule has 0 saturated carbocycles. The zero-order chi connectivity index (χ0) is 18.5. The molecule has 1 aromatic rings. The van der Waals surface area contributed by atoms with E-state index in [2.05, 4.69) is 5.32 Å². The first-order valence-corrected chi connectivity index (χ1v) is 9.44. The lowest BCUT2D eigenvalue weighted by atomic mass is 10.1. The second kappa shape index (κ2) is 10.1. The van der Waals surface area contributed by atoms with Crippen LogP contribution in [0.3, 0.4) is 0 Å². The van der Waals surface area contributed by atoms with Crippen molar-refractivity contribution in [3.63, 3.8) is 0 Å². The number of hydrogen-bond donors (Lipinski definition) is 2. The average Bonchev–Trinajstić information content (AvgIpc) is 3.08. The predicted molar refractivity (Wildman–Crippen MR) is 108 cm³/mol. The lowest BCUT2D eigenvalue weighted by Crippen LogP contribution is -2.41. The van der Waals surface area contributed by atoms with Crippen LogP contribution in [0, 0.1) is 0 Å². The minimum atomic E-state index is -0.188. The van der Waals surface area contributed by atoms with Crippen LogP contribution in [0.5, 0.6) is 0 Å². The van der Waals surface area contributed by atoms with Crippen LogP contribution in [0.15, 0.2) is 18.2 Å². The highest BCUT2D eigenvalue weighted by molar-refractivity contribution is 6.34. The molecule has 0 aliphatic carbocycles. The van der Waals surface area contributed by atoms with Gasteiger partial charge in [0.25, 0.3) is 5.91 Å². The molecule has 3 N–H and O–H groups in total. The fourth-order valence-corrected chi connectivity index (χ4v) is 3.52. The molecular formula is C18H26Cl2N4O3. The molecule has 0 unspecified atom stereocenters. The number of benzene rings is 1. The second-order valence-corrected chi connectivity index (χ2v) is 6.96. The number of carbonyl (C=O) groups excluding carboxylic acids is 2. The van der Waals surface area contributed by atoms with E-state index in [9.17, 15) is 9.59 Å². The Bertz CT molecular complexity index is 666. The number of nitrogens with zero attached hydrogens (tertiary/aromatic N) is 2. The number of amides is 3. The number of hydrogen-bond acceptors (Lipinski definition) is 4. The third kappa shape index (κ3) is 5.25. The number of ether oxygens (including phenoxy) is 1. The number of urea groups is 1. The molecule has 2 saturated heterocycles. The molecule has 0 radical (unpaired) electrons. The highest BCUT2D eigenvalue weighted by Crippen LogP contribution is 2.29. The lowest BCUT2D eigenvalue weighted by molar-refractivity contribution is 0.00844. The molecule has 1 aromatic carbocycles. The summed E-state index contributed by atoms with van der Waals surface area (Å²) in [5, 5.41) is 3.21. The van der Waals surface area contributed by atoms with Gasteiger partial charge in [-0.3, -0.25) is 9.69 Å². The van der Waals surface area contributed by atoms with Gasteiger partial charge in [0, 0.05) is 38.3 Å². The third-order valence-corrected chi connectivity index (χ3v) is 5.09. The number of nitrogens with one attached hydrogen (secondary N) is 1. The Morgan fingerprint density at radius 3 is 2.67 bits per heavy atom. The Kier molecular flexibility index (Phi) is 8.16. The Labute approximate surface area is 170 Å². The van der Waals surface area contributed by atoms with Crippen LogP contribution in [0.2, 0.25) is 5.02 Å². The van der Waals surface area contributed by atoms with E-state index in [1.165, 1.54) is 0 Å². The Morgan fingerprint density at radius 2 is 2.04 bits per heavy atom. The van der Waals surface area contributed by atoms with Gasteiger partial charge in [0.2, 0.25) is 0 Å². The Balaban J connectivity index is 0.00000261. The Morgan fingerprint density at radius 1 is 1.30 bits per heavy atom. The van der Waals surface area contributed by atoms with Gasteiger partial charge < -0.3 is 20.7 Å². The molecular weight excluding hydrogens is 391 g/mol. The van der Waals surface area contributed by atoms with E-state index < -0.39 is 0 Å². The van der Waals surface area contributed by atoms with Gasteiger partial charge in [0.1, 0.15) is 0 Å². The summed E-state index contributed by atoms with van der Waals surface area (Å²) >= 11 is 6.24. The molecule has 2 aliphatic heterocycles. The molecule has 2 heterocycles. The molecule has 150 valence electrons. The molecule has 7 nitrogen and oxygen atoms in total. The van der Waals surface area contributed by atoms with Gasteiger partial charge in [-0.2, -0.15) is 0 Å². The van der Waals surface area contributed by atoms with Crippen molar-refractivity contribution in [2.24, 2.45) is 5.73 Å². The minimum absolute atomic E-state index is 0. The SMILES string of the molecule is Cl.NCCCOC1CCN(C(=O)c2ccc(Cl)c(N3CCNC3=O)c2)CC1. The quantitative estimate of drug-likeness (QED) is 0.696. The minimum Gasteiger partial charge on any atom is -0.378 e. The molecule has 0 bridgehead atoms. The highest BCUT2D eigenvalue weighted by Gasteiger charge is 2.27. The topological polar surface area (TPSA) is 87.9 Å². The van der Waals surface area contributed by atoms with Gasteiger partial charge in [-0.05, 0) is 44.0 Å². The molecule has 2 aliphatic rings. The largest absolute Gasteiger partial charge is 0.378 e. The number of rotatable bonds is 6. The predicted octanol–water partition coefficient (Wildman–Crippen LogP) is 2.26. The van der Waals surface area contributed by atoms with Crippen molar-refractivity contribution in [2.75, 3.05) is 44.2 Å². The highest BCUT2D eigenvalue weighted by atomic mass is 35.5. The number of likely N-dealkylation sites (tertiary alicyclic amines) is 1. The molecule has 3 rings (SSSR count). The number of piperidine rings is 1. The summed E-state index contributed by atoms with van der Waals surface area (Å²) in [4.78, 5) is 28.1. The summed E-state index contributed by atoms with van der Waals surface area (Å²) in [6.07, 6.45) is 2.70. The van der Waals surface area contributed by atoms with Crippen molar-refractivity contribution < 1.29 is 14.3 Å². The monoisotopic (exact) mass is 416 g/mol. The fraction of sp³-hybridized carbons (Fsp3) is 0.556. The van der Waals surface area contributed by atoms with Gasteiger partial charge in [0.15, 0.2) is 0 Å². The van der Waals surface area contributed by atoms with Crippen LogP contribution in [-0.4, -0.2) is 62.3 Å². The van der Waals surface area contributed by atoms with Crippen LogP contribution >= 0.6 is 24.0 Å². The van der Waals surface area contributed by atoms with Crippen molar-refractivity contribution in [3.05, 3.63) is 28.8 Å². The average molecular weight is 417 g/mol. The zero-order valence-corrected chi connectivity index (χ0v) is 16.7. The lowest BCUT2D eigenvalue weighted by Gasteiger charge is -2.32. The molecule has 3 amide bonds. The smallest absolute Gasteiger partial charge is 0.322 e. The second-order valence-electron chi connectivity index (χ2n) is 6.55. The van der Waals surface area contributed by atoms with E-state index in [1.54, 1.807) is 23.1 Å². The van der Waals surface area contributed by atoms with Crippen molar-refractivity contribution in [1.82, 2.24) is 10.2 Å². The van der Waals surface area contributed by atoms with E-state index >= 15 is 0 Å². The number of nitrogens with two attached hydrogens (primary N) is 1. The van der Waals surface area contributed by atoms with Crippen LogP contribution in [0.4, 0.5) is 10.5 Å². The third-order valence-electron chi connectivity index (χ3n) is 4.77. The van der Waals surface area contributed by atoms with E-state index in [0.717, 1.165) is 19.3 Å². The van der Waals surface area contributed by atoms with Crippen molar-refractivity contribution in [3.8, 4) is 0 Å². The van der Waals surface area contributed by atoms with E-state index in [-0.39, 0.29) is 30.4 Å². The first-order valence-electron chi connectivity index (χ1n) is 9.06. The maximum Gasteiger partial charge on any atom is 0.322 e. The first kappa shape index (κ1) is 21.8. The summed E-state index contributed by atoms with van der Waals surface area (Å²) in [6.45, 7) is 3.74. The van der Waals surface area contributed by atoms with E-state index in [0.29, 0.717) is 55.6 Å². The van der Waals surface area contributed by atoms with Crippen molar-refractivity contribution >= 4 is 41.6 Å². The van der Waals surface area contributed by atoms with Crippen LogP contribution in [0.25, 0.3) is 0 Å². The molecule has 0 aromatic heterocycles. The Hall–Kier alpha value is -1.54. The summed E-state index contributed by atoms with van der Waals surface area (Å²) in [5.41, 5.74) is 6.60. The summed E-state index contributed by atoms with van der Waals surface area (Å²) < 4.78 is 5.78. The molecule has 2 fully saturated rings. The molecule has 9 heteroatoms. The van der Waals surface area contributed by atoms with E-state index in [4.69, 9.17) is 22.1 Å². The summed E-state index contributed by atoms with van der Waals surface area (Å²) in [5.74, 6) is -0.0390. The van der Waals surface area contributed by atoms with Gasteiger partial charge >= 0.3 is 6.03 Å². The normalized spacial score (nSPS) is 17.6. The molecule has 0 spiro atoms. The standard InChI is InChI=1S/C18H25ClN4O3.ClH/c19-15-3-2-13(12-16(15)23-10-7-21-18(23)25)17(24)22-8-4-14(5-9-22)26-11-1-6-20;/h2-3,12,14H,1,4-11,20H2,(H,21,25);1H. The maximum absolute atomic E-state index is 12.8. The van der Waals surface area contributed by atoms with Crippen molar-refractivity contribution in [2.45, 2.75) is 25.4 Å². The number of halogens is 2. The van der Waals surface area contributed by atoms with Crippen LogP contribution < -0.4 is 16.0 Å². The summed E-state index contributed by atoms with van der Waals surface area (Å²) in [7, 11) is 0. The van der Waals surface area contributed by atoms with Crippen molar-refractivity contribution in [1.29, 1.82) is 0 Å². The number of anilines is 1. The summed E-state index contributed by atoms with van der Waals surface area (Å²) in [6, 6.07) is 4.91. The van der Waals surface area contributed by atoms with Gasteiger partial charge in [-0.25, -0.2) is 4.79 Å². The first-order chi connectivity index (χ1) is 12.6. The van der Waals surface area contributed by atoms with Gasteiger partial charge in [0.05, 0.1) is 16.8 Å². The molecule has 27 heavy (non-hydrogen) atoms. The van der Waals surface area contributed by atoms with Crippen LogP contribution in [0.1, 0.15) is 29.6 Å². The number of carbonyl (C=O) groups is 2. The van der Waals surface area contributed by atoms with Gasteiger partial charge in [-0.15, -0.1) is 12.4 Å². The van der Waals surface area contributed by atoms with E-state index in [1.807, 2.05) is 4.90 Å². The molecule has 0 atom stereocenters. The van der Waals surface area contributed by atoms with Crippen LogP contribution in [-0.2, 0) is 4.74 Å².